The van der Waals surface area contributed by atoms with E-state index in [1.807, 2.05) is 25.1 Å². The smallest absolute Gasteiger partial charge is 0.238 e. The molecule has 0 bridgehead atoms. The van der Waals surface area contributed by atoms with Gasteiger partial charge in [-0.15, -0.1) is 11.8 Å². The standard InChI is InChI=1S/C15H20N4OS/c1-11-18-12-5-2-3-6-14(12)19(11)8-4-7-16-15(20)13-9-21-10-17-13/h2-3,5-6,13,17H,4,7-10H2,1H3,(H,16,20). The van der Waals surface area contributed by atoms with E-state index in [0.717, 1.165) is 41.5 Å². The largest absolute Gasteiger partial charge is 0.355 e. The van der Waals surface area contributed by atoms with Gasteiger partial charge in [-0.05, 0) is 25.5 Å². The van der Waals surface area contributed by atoms with Gasteiger partial charge >= 0.3 is 0 Å². The molecule has 0 aliphatic carbocycles. The normalized spacial score (nSPS) is 18.2. The number of aromatic nitrogens is 2. The molecule has 2 N–H and O–H groups in total. The Labute approximate surface area is 128 Å². The quantitative estimate of drug-likeness (QED) is 0.822. The Morgan fingerprint density at radius 3 is 3.19 bits per heavy atom. The van der Waals surface area contributed by atoms with Crippen molar-refractivity contribution in [2.45, 2.75) is 25.9 Å². The lowest BCUT2D eigenvalue weighted by Gasteiger charge is -2.11. The number of carbonyl (C=O) groups excluding carboxylic acids is 1. The van der Waals surface area contributed by atoms with Crippen LogP contribution < -0.4 is 10.6 Å². The number of thioether (sulfide) groups is 1. The van der Waals surface area contributed by atoms with Crippen molar-refractivity contribution in [1.82, 2.24) is 20.2 Å². The third kappa shape index (κ3) is 3.22. The Hall–Kier alpha value is -1.53. The van der Waals surface area contributed by atoms with Crippen LogP contribution in [0.3, 0.4) is 0 Å². The Morgan fingerprint density at radius 2 is 2.38 bits per heavy atom. The molecule has 3 rings (SSSR count). The van der Waals surface area contributed by atoms with E-state index in [-0.39, 0.29) is 11.9 Å². The zero-order chi connectivity index (χ0) is 14.7. The van der Waals surface area contributed by atoms with Gasteiger partial charge in [-0.25, -0.2) is 4.98 Å². The fourth-order valence-electron chi connectivity index (χ4n) is 2.61. The molecule has 1 amide bonds. The third-order valence-electron chi connectivity index (χ3n) is 3.74. The van der Waals surface area contributed by atoms with E-state index in [1.165, 1.54) is 0 Å². The Balaban J connectivity index is 1.52. The maximum Gasteiger partial charge on any atom is 0.238 e. The predicted octanol–water partition coefficient (Wildman–Crippen LogP) is 1.51. The second-order valence-electron chi connectivity index (χ2n) is 5.22. The first kappa shape index (κ1) is 14.4. The van der Waals surface area contributed by atoms with Crippen LogP contribution in [0, 0.1) is 6.92 Å². The zero-order valence-electron chi connectivity index (χ0n) is 12.1. The van der Waals surface area contributed by atoms with Gasteiger partial charge in [-0.2, -0.15) is 0 Å². The molecule has 0 saturated carbocycles. The number of nitrogens with one attached hydrogen (secondary N) is 2. The van der Waals surface area contributed by atoms with E-state index < -0.39 is 0 Å². The van der Waals surface area contributed by atoms with Crippen LogP contribution in [0.15, 0.2) is 24.3 Å². The van der Waals surface area contributed by atoms with Gasteiger partial charge in [0.15, 0.2) is 0 Å². The molecule has 1 aliphatic rings. The first-order chi connectivity index (χ1) is 10.3. The summed E-state index contributed by atoms with van der Waals surface area (Å²) in [5.74, 6) is 2.89. The number of benzene rings is 1. The van der Waals surface area contributed by atoms with Crippen LogP contribution in [-0.4, -0.2) is 39.7 Å². The summed E-state index contributed by atoms with van der Waals surface area (Å²) in [6.07, 6.45) is 0.910. The molecule has 2 heterocycles. The summed E-state index contributed by atoms with van der Waals surface area (Å²) in [7, 11) is 0. The first-order valence-electron chi connectivity index (χ1n) is 7.26. The summed E-state index contributed by atoms with van der Waals surface area (Å²) in [5, 5.41) is 6.19. The van der Waals surface area contributed by atoms with Crippen molar-refractivity contribution in [2.75, 3.05) is 18.2 Å². The Kier molecular flexibility index (Phi) is 4.45. The fraction of sp³-hybridized carbons (Fsp3) is 0.467. The molecule has 112 valence electrons. The lowest BCUT2D eigenvalue weighted by molar-refractivity contribution is -0.122. The minimum atomic E-state index is -0.0224. The van der Waals surface area contributed by atoms with Gasteiger partial charge in [0.2, 0.25) is 5.91 Å². The van der Waals surface area contributed by atoms with Gasteiger partial charge in [-0.3, -0.25) is 10.1 Å². The Bertz CT molecular complexity index is 634. The number of imidazole rings is 1. The van der Waals surface area contributed by atoms with Crippen LogP contribution in [0.2, 0.25) is 0 Å². The minimum Gasteiger partial charge on any atom is -0.355 e. The van der Waals surface area contributed by atoms with Crippen molar-refractivity contribution in [3.8, 4) is 0 Å². The summed E-state index contributed by atoms with van der Waals surface area (Å²) in [5.41, 5.74) is 2.20. The van der Waals surface area contributed by atoms with Crippen LogP contribution in [0.25, 0.3) is 11.0 Å². The maximum atomic E-state index is 11.9. The first-order valence-corrected chi connectivity index (χ1v) is 8.42. The molecule has 1 aliphatic heterocycles. The number of nitrogens with zero attached hydrogens (tertiary/aromatic N) is 2. The molecule has 5 nitrogen and oxygen atoms in total. The molecule has 21 heavy (non-hydrogen) atoms. The van der Waals surface area contributed by atoms with E-state index in [9.17, 15) is 4.79 Å². The summed E-state index contributed by atoms with van der Waals surface area (Å²) < 4.78 is 2.21. The molecule has 2 aromatic rings. The lowest BCUT2D eigenvalue weighted by Crippen LogP contribution is -2.42. The number of carbonyl (C=O) groups is 1. The van der Waals surface area contributed by atoms with E-state index in [1.54, 1.807) is 11.8 Å². The number of amides is 1. The van der Waals surface area contributed by atoms with Crippen LogP contribution in [-0.2, 0) is 11.3 Å². The molecule has 0 radical (unpaired) electrons. The zero-order valence-corrected chi connectivity index (χ0v) is 12.9. The van der Waals surface area contributed by atoms with Crippen LogP contribution in [0.1, 0.15) is 12.2 Å². The van der Waals surface area contributed by atoms with Gasteiger partial charge in [0.25, 0.3) is 0 Å². The van der Waals surface area contributed by atoms with E-state index >= 15 is 0 Å². The van der Waals surface area contributed by atoms with Gasteiger partial charge in [-0.1, -0.05) is 12.1 Å². The van der Waals surface area contributed by atoms with E-state index in [4.69, 9.17) is 0 Å². The lowest BCUT2D eigenvalue weighted by atomic mass is 10.3. The van der Waals surface area contributed by atoms with Crippen LogP contribution in [0.5, 0.6) is 0 Å². The summed E-state index contributed by atoms with van der Waals surface area (Å²) in [6, 6.07) is 8.14. The fourth-order valence-corrected chi connectivity index (χ4v) is 3.56. The highest BCUT2D eigenvalue weighted by Crippen LogP contribution is 2.15. The van der Waals surface area contributed by atoms with Crippen molar-refractivity contribution in [3.63, 3.8) is 0 Å². The van der Waals surface area contributed by atoms with Gasteiger partial charge in [0.05, 0.1) is 17.1 Å². The minimum absolute atomic E-state index is 0.0224. The highest BCUT2D eigenvalue weighted by atomic mass is 32.2. The molecule has 6 heteroatoms. The van der Waals surface area contributed by atoms with Gasteiger partial charge in [0.1, 0.15) is 5.82 Å². The number of hydrogen-bond donors (Lipinski definition) is 2. The van der Waals surface area contributed by atoms with Crippen molar-refractivity contribution < 1.29 is 4.79 Å². The second kappa shape index (κ2) is 6.49. The monoisotopic (exact) mass is 304 g/mol. The van der Waals surface area contributed by atoms with E-state index in [0.29, 0.717) is 6.54 Å². The van der Waals surface area contributed by atoms with Crippen molar-refractivity contribution in [2.24, 2.45) is 0 Å². The Morgan fingerprint density at radius 1 is 1.52 bits per heavy atom. The van der Waals surface area contributed by atoms with Crippen LogP contribution >= 0.6 is 11.8 Å². The molecule has 1 aromatic heterocycles. The average Bonchev–Trinajstić information content (AvgIpc) is 3.11. The van der Waals surface area contributed by atoms with E-state index in [2.05, 4.69) is 26.3 Å². The average molecular weight is 304 g/mol. The number of aryl methyl sites for hydroxylation is 2. The van der Waals surface area contributed by atoms with Crippen molar-refractivity contribution in [3.05, 3.63) is 30.1 Å². The number of fused-ring (bicyclic) bond motifs is 1. The second-order valence-corrected chi connectivity index (χ2v) is 6.25. The predicted molar refractivity (Wildman–Crippen MR) is 86.3 cm³/mol. The molecular formula is C15H20N4OS. The molecule has 1 unspecified atom stereocenters. The SMILES string of the molecule is Cc1nc2ccccc2n1CCCNC(=O)C1CSCN1. The number of para-hydroxylation sites is 2. The highest BCUT2D eigenvalue weighted by Gasteiger charge is 2.21. The maximum absolute atomic E-state index is 11.9. The summed E-state index contributed by atoms with van der Waals surface area (Å²) in [4.78, 5) is 16.4. The van der Waals surface area contributed by atoms with Crippen molar-refractivity contribution in [1.29, 1.82) is 0 Å². The number of hydrogen-bond acceptors (Lipinski definition) is 4. The topological polar surface area (TPSA) is 59.0 Å². The summed E-state index contributed by atoms with van der Waals surface area (Å²) >= 11 is 1.77. The molecule has 0 spiro atoms. The summed E-state index contributed by atoms with van der Waals surface area (Å²) in [6.45, 7) is 3.60. The molecular weight excluding hydrogens is 284 g/mol. The molecule has 1 fully saturated rings. The van der Waals surface area contributed by atoms with Gasteiger partial charge in [0, 0.05) is 24.7 Å². The van der Waals surface area contributed by atoms with Crippen LogP contribution in [0.4, 0.5) is 0 Å². The third-order valence-corrected chi connectivity index (χ3v) is 4.68. The van der Waals surface area contributed by atoms with Crippen molar-refractivity contribution >= 4 is 28.7 Å². The highest BCUT2D eigenvalue weighted by molar-refractivity contribution is 7.99. The number of rotatable bonds is 5. The molecule has 1 saturated heterocycles. The molecule has 1 aromatic carbocycles. The van der Waals surface area contributed by atoms with Gasteiger partial charge < -0.3 is 9.88 Å². The molecule has 1 atom stereocenters.